The molecule has 2 saturated carbocycles. The topological polar surface area (TPSA) is 102 Å². The molecule has 1 saturated heterocycles. The number of nitrogens with one attached hydrogen (secondary N) is 1. The lowest BCUT2D eigenvalue weighted by molar-refractivity contribution is -0.154. The fraction of sp³-hybridized carbons (Fsp3) is 0.500. The minimum absolute atomic E-state index is 0.264. The summed E-state index contributed by atoms with van der Waals surface area (Å²) in [4.78, 5) is 50.2. The number of hydrogen-bond acceptors (Lipinski definition) is 6. The fourth-order valence-corrected chi connectivity index (χ4v) is 4.84. The molecule has 1 aromatic rings. The number of imide groups is 1. The molecule has 148 valence electrons. The summed E-state index contributed by atoms with van der Waals surface area (Å²) in [5.74, 6) is -1.24. The molecule has 0 radical (unpaired) electrons. The Bertz CT molecular complexity index is 810. The third-order valence-corrected chi connectivity index (χ3v) is 6.02. The molecule has 1 aromatic carbocycles. The lowest BCUT2D eigenvalue weighted by atomic mass is 9.81. The molecule has 3 fully saturated rings. The number of amides is 3. The first-order chi connectivity index (χ1) is 13.5. The van der Waals surface area contributed by atoms with Gasteiger partial charge in [-0.1, -0.05) is 6.07 Å². The van der Waals surface area contributed by atoms with Crippen LogP contribution in [0.3, 0.4) is 0 Å². The van der Waals surface area contributed by atoms with E-state index in [-0.39, 0.29) is 35.5 Å². The summed E-state index contributed by atoms with van der Waals surface area (Å²) < 4.78 is 10.0. The molecule has 0 spiro atoms. The number of hydrogen-bond donors (Lipinski definition) is 1. The predicted molar refractivity (Wildman–Crippen MR) is 97.1 cm³/mol. The zero-order chi connectivity index (χ0) is 19.8. The summed E-state index contributed by atoms with van der Waals surface area (Å²) in [6.45, 7) is -0.930. The first-order valence-electron chi connectivity index (χ1n) is 9.42. The SMILES string of the molecule is COc1cccc(NC(=O)COC(=O)CN2C(=O)[C@@H]3[C@H]4CC[C@@H](C4)[C@@H]3C2=O)c1. The van der Waals surface area contributed by atoms with E-state index in [4.69, 9.17) is 9.47 Å². The van der Waals surface area contributed by atoms with Crippen LogP contribution in [0.15, 0.2) is 24.3 Å². The predicted octanol–water partition coefficient (Wildman–Crippen LogP) is 1.21. The standard InChI is InChI=1S/C20H22N2O6/c1-27-14-4-2-3-13(8-14)21-15(23)10-28-16(24)9-22-19(25)17-11-5-6-12(7-11)18(17)20(22)26/h2-4,8,11-12,17-18H,5-7,9-10H2,1H3,(H,21,23)/t11-,12-,17-,18+/m0/s1. The molecule has 28 heavy (non-hydrogen) atoms. The van der Waals surface area contributed by atoms with Gasteiger partial charge in [0.1, 0.15) is 12.3 Å². The van der Waals surface area contributed by atoms with Gasteiger partial charge in [-0.2, -0.15) is 0 Å². The molecule has 4 atom stereocenters. The summed E-state index contributed by atoms with van der Waals surface area (Å²) in [6.07, 6.45) is 2.90. The average molecular weight is 386 g/mol. The van der Waals surface area contributed by atoms with Crippen molar-refractivity contribution in [2.75, 3.05) is 25.6 Å². The monoisotopic (exact) mass is 386 g/mol. The molecule has 1 aliphatic heterocycles. The van der Waals surface area contributed by atoms with E-state index < -0.39 is 25.0 Å². The van der Waals surface area contributed by atoms with Crippen LogP contribution in [0.1, 0.15) is 19.3 Å². The summed E-state index contributed by atoms with van der Waals surface area (Å²) >= 11 is 0. The summed E-state index contributed by atoms with van der Waals surface area (Å²) in [6, 6.07) is 6.77. The zero-order valence-electron chi connectivity index (χ0n) is 15.6. The van der Waals surface area contributed by atoms with Crippen molar-refractivity contribution in [3.8, 4) is 5.75 Å². The van der Waals surface area contributed by atoms with Gasteiger partial charge in [-0.3, -0.25) is 24.1 Å². The van der Waals surface area contributed by atoms with E-state index in [1.165, 1.54) is 7.11 Å². The highest BCUT2D eigenvalue weighted by molar-refractivity contribution is 6.07. The maximum atomic E-state index is 12.6. The molecule has 2 bridgehead atoms. The molecule has 8 heteroatoms. The van der Waals surface area contributed by atoms with Crippen LogP contribution in [-0.4, -0.2) is 48.9 Å². The number of ether oxygens (including phenoxy) is 2. The number of carbonyl (C=O) groups is 4. The van der Waals surface area contributed by atoms with E-state index in [2.05, 4.69) is 5.32 Å². The Morgan fingerprint density at radius 2 is 1.82 bits per heavy atom. The molecule has 0 aromatic heterocycles. The maximum Gasteiger partial charge on any atom is 0.326 e. The number of nitrogens with zero attached hydrogens (tertiary/aromatic N) is 1. The zero-order valence-corrected chi connectivity index (χ0v) is 15.6. The molecular formula is C20H22N2O6. The van der Waals surface area contributed by atoms with E-state index in [9.17, 15) is 19.2 Å². The van der Waals surface area contributed by atoms with Crippen molar-refractivity contribution in [1.29, 1.82) is 0 Å². The molecular weight excluding hydrogens is 364 g/mol. The number of benzene rings is 1. The van der Waals surface area contributed by atoms with Crippen molar-refractivity contribution in [3.05, 3.63) is 24.3 Å². The molecule has 3 aliphatic rings. The molecule has 1 N–H and O–H groups in total. The number of fused-ring (bicyclic) bond motifs is 5. The Morgan fingerprint density at radius 3 is 2.46 bits per heavy atom. The van der Waals surface area contributed by atoms with E-state index in [1.807, 2.05) is 0 Å². The molecule has 4 rings (SSSR count). The largest absolute Gasteiger partial charge is 0.497 e. The van der Waals surface area contributed by atoms with Crippen LogP contribution < -0.4 is 10.1 Å². The van der Waals surface area contributed by atoms with Crippen LogP contribution >= 0.6 is 0 Å². The number of anilines is 1. The summed E-state index contributed by atoms with van der Waals surface area (Å²) in [5, 5.41) is 2.59. The molecule has 3 amide bonds. The third kappa shape index (κ3) is 3.23. The van der Waals surface area contributed by atoms with Gasteiger partial charge in [0.15, 0.2) is 6.61 Å². The lowest BCUT2D eigenvalue weighted by Gasteiger charge is -2.19. The summed E-state index contributed by atoms with van der Waals surface area (Å²) in [5.41, 5.74) is 0.508. The Balaban J connectivity index is 1.28. The average Bonchev–Trinajstić information content (AvgIpc) is 3.36. The van der Waals surface area contributed by atoms with Gasteiger partial charge in [-0.05, 0) is 43.2 Å². The fourth-order valence-electron chi connectivity index (χ4n) is 4.84. The molecule has 0 unspecified atom stereocenters. The second kappa shape index (κ2) is 7.26. The van der Waals surface area contributed by atoms with E-state index >= 15 is 0 Å². The van der Waals surface area contributed by atoms with Gasteiger partial charge in [0.2, 0.25) is 11.8 Å². The summed E-state index contributed by atoms with van der Waals surface area (Å²) in [7, 11) is 1.52. The Kier molecular flexibility index (Phi) is 4.78. The Labute approximate surface area is 162 Å². The van der Waals surface area contributed by atoms with E-state index in [0.717, 1.165) is 24.2 Å². The lowest BCUT2D eigenvalue weighted by Crippen LogP contribution is -2.38. The van der Waals surface area contributed by atoms with Gasteiger partial charge in [0, 0.05) is 11.8 Å². The number of carbonyl (C=O) groups excluding carboxylic acids is 4. The minimum Gasteiger partial charge on any atom is -0.497 e. The van der Waals surface area contributed by atoms with Crippen molar-refractivity contribution in [2.24, 2.45) is 23.7 Å². The van der Waals surface area contributed by atoms with Crippen molar-refractivity contribution >= 4 is 29.4 Å². The smallest absolute Gasteiger partial charge is 0.326 e. The van der Waals surface area contributed by atoms with Gasteiger partial charge in [0.05, 0.1) is 18.9 Å². The highest BCUT2D eigenvalue weighted by Crippen LogP contribution is 2.56. The van der Waals surface area contributed by atoms with Crippen LogP contribution in [-0.2, 0) is 23.9 Å². The Hall–Kier alpha value is -2.90. The van der Waals surface area contributed by atoms with E-state index in [1.54, 1.807) is 24.3 Å². The first-order valence-corrected chi connectivity index (χ1v) is 9.42. The Morgan fingerprint density at radius 1 is 1.14 bits per heavy atom. The van der Waals surface area contributed by atoms with Crippen molar-refractivity contribution in [2.45, 2.75) is 19.3 Å². The van der Waals surface area contributed by atoms with Crippen LogP contribution in [0.2, 0.25) is 0 Å². The van der Waals surface area contributed by atoms with Crippen LogP contribution in [0, 0.1) is 23.7 Å². The normalized spacial score (nSPS) is 27.7. The first kappa shape index (κ1) is 18.5. The molecule has 2 aliphatic carbocycles. The van der Waals surface area contributed by atoms with Gasteiger partial charge >= 0.3 is 5.97 Å². The second-order valence-electron chi connectivity index (χ2n) is 7.59. The highest BCUT2D eigenvalue weighted by Gasteiger charge is 2.61. The second-order valence-corrected chi connectivity index (χ2v) is 7.59. The van der Waals surface area contributed by atoms with Crippen molar-refractivity contribution in [3.63, 3.8) is 0 Å². The van der Waals surface area contributed by atoms with E-state index in [0.29, 0.717) is 11.4 Å². The van der Waals surface area contributed by atoms with Gasteiger partial charge in [0.25, 0.3) is 5.91 Å². The number of methoxy groups -OCH3 is 1. The molecule has 8 nitrogen and oxygen atoms in total. The number of rotatable bonds is 6. The number of esters is 1. The third-order valence-electron chi connectivity index (χ3n) is 6.02. The van der Waals surface area contributed by atoms with Gasteiger partial charge < -0.3 is 14.8 Å². The number of likely N-dealkylation sites (tertiary alicyclic amines) is 1. The van der Waals surface area contributed by atoms with Crippen LogP contribution in [0.25, 0.3) is 0 Å². The van der Waals surface area contributed by atoms with Gasteiger partial charge in [-0.15, -0.1) is 0 Å². The maximum absolute atomic E-state index is 12.6. The molecule has 1 heterocycles. The van der Waals surface area contributed by atoms with Crippen molar-refractivity contribution in [1.82, 2.24) is 4.90 Å². The van der Waals surface area contributed by atoms with Crippen LogP contribution in [0.5, 0.6) is 5.75 Å². The van der Waals surface area contributed by atoms with Crippen LogP contribution in [0.4, 0.5) is 5.69 Å². The quantitative estimate of drug-likeness (QED) is 0.582. The minimum atomic E-state index is -0.769. The van der Waals surface area contributed by atoms with Crippen molar-refractivity contribution < 1.29 is 28.7 Å². The van der Waals surface area contributed by atoms with Gasteiger partial charge in [-0.25, -0.2) is 0 Å². The highest BCUT2D eigenvalue weighted by atomic mass is 16.5.